The van der Waals surface area contributed by atoms with Crippen LogP contribution in [0.25, 0.3) is 0 Å². The summed E-state index contributed by atoms with van der Waals surface area (Å²) in [6.45, 7) is 2.79. The summed E-state index contributed by atoms with van der Waals surface area (Å²) in [7, 11) is 0. The number of carbonyl (C=O) groups excluding carboxylic acids is 1. The van der Waals surface area contributed by atoms with Gasteiger partial charge in [-0.15, -0.1) is 0 Å². The van der Waals surface area contributed by atoms with E-state index in [1.54, 1.807) is 0 Å². The normalized spacial score (nSPS) is 25.1. The minimum atomic E-state index is 0.0782. The number of hydrogen-bond donors (Lipinski definition) is 1. The summed E-state index contributed by atoms with van der Waals surface area (Å²) in [6.07, 6.45) is 8.72. The third-order valence-corrected chi connectivity index (χ3v) is 5.88. The van der Waals surface area contributed by atoms with Crippen molar-refractivity contribution in [2.75, 3.05) is 19.6 Å². The Morgan fingerprint density at radius 1 is 1.21 bits per heavy atom. The van der Waals surface area contributed by atoms with Gasteiger partial charge in [-0.25, -0.2) is 0 Å². The number of amides is 1. The molecule has 1 unspecified atom stereocenters. The molecule has 1 spiro atoms. The Balaban J connectivity index is 1.33. The van der Waals surface area contributed by atoms with E-state index < -0.39 is 0 Å². The lowest BCUT2D eigenvalue weighted by Gasteiger charge is -2.48. The molecule has 1 aromatic carbocycles. The highest BCUT2D eigenvalue weighted by atomic mass is 16.5. The Hall–Kier alpha value is -1.55. The zero-order valence-corrected chi connectivity index (χ0v) is 14.4. The van der Waals surface area contributed by atoms with Crippen molar-refractivity contribution in [2.24, 2.45) is 0 Å². The molecule has 24 heavy (non-hydrogen) atoms. The molecule has 1 aromatic rings. The molecule has 0 bridgehead atoms. The van der Waals surface area contributed by atoms with Crippen LogP contribution in [0.1, 0.15) is 63.0 Å². The zero-order chi connectivity index (χ0) is 16.4. The van der Waals surface area contributed by atoms with Gasteiger partial charge >= 0.3 is 0 Å². The van der Waals surface area contributed by atoms with Crippen LogP contribution in [-0.2, 0) is 4.79 Å². The minimum absolute atomic E-state index is 0.0782. The molecule has 1 amide bonds. The van der Waals surface area contributed by atoms with E-state index >= 15 is 0 Å². The fourth-order valence-corrected chi connectivity index (χ4v) is 4.32. The van der Waals surface area contributed by atoms with Crippen molar-refractivity contribution in [1.29, 1.82) is 0 Å². The quantitative estimate of drug-likeness (QED) is 0.842. The SMILES string of the molecule is O=C1CCCCN1CCCNC1CC2(CCC2)Oc2ccccc21. The van der Waals surface area contributed by atoms with Crippen molar-refractivity contribution < 1.29 is 9.53 Å². The number of hydrogen-bond acceptors (Lipinski definition) is 3. The van der Waals surface area contributed by atoms with Gasteiger partial charge in [0, 0.05) is 37.5 Å². The lowest BCUT2D eigenvalue weighted by molar-refractivity contribution is -0.133. The van der Waals surface area contributed by atoms with E-state index in [2.05, 4.69) is 29.6 Å². The number of piperidine rings is 1. The highest BCUT2D eigenvalue weighted by Gasteiger charge is 2.45. The van der Waals surface area contributed by atoms with E-state index in [4.69, 9.17) is 4.74 Å². The molecule has 1 N–H and O–H groups in total. The third kappa shape index (κ3) is 3.16. The Kier molecular flexibility index (Phi) is 4.49. The molecule has 1 atom stereocenters. The number of fused-ring (bicyclic) bond motifs is 1. The van der Waals surface area contributed by atoms with Gasteiger partial charge in [0.25, 0.3) is 0 Å². The van der Waals surface area contributed by atoms with Crippen LogP contribution in [0.3, 0.4) is 0 Å². The van der Waals surface area contributed by atoms with Crippen molar-refractivity contribution in [2.45, 2.75) is 63.0 Å². The zero-order valence-electron chi connectivity index (χ0n) is 14.4. The molecule has 4 rings (SSSR count). The Labute approximate surface area is 144 Å². The second kappa shape index (κ2) is 6.75. The van der Waals surface area contributed by atoms with Crippen LogP contribution in [0.5, 0.6) is 5.75 Å². The number of nitrogens with one attached hydrogen (secondary N) is 1. The number of benzene rings is 1. The fourth-order valence-electron chi connectivity index (χ4n) is 4.32. The molecule has 4 heteroatoms. The third-order valence-electron chi connectivity index (χ3n) is 5.88. The molecular weight excluding hydrogens is 300 g/mol. The summed E-state index contributed by atoms with van der Waals surface area (Å²) in [4.78, 5) is 13.9. The maximum atomic E-state index is 11.9. The second-order valence-corrected chi connectivity index (χ2v) is 7.58. The summed E-state index contributed by atoms with van der Waals surface area (Å²) >= 11 is 0. The number of carbonyl (C=O) groups is 1. The van der Waals surface area contributed by atoms with Crippen molar-refractivity contribution >= 4 is 5.91 Å². The van der Waals surface area contributed by atoms with E-state index in [9.17, 15) is 4.79 Å². The van der Waals surface area contributed by atoms with Crippen LogP contribution >= 0.6 is 0 Å². The van der Waals surface area contributed by atoms with Gasteiger partial charge in [-0.3, -0.25) is 4.79 Å². The Morgan fingerprint density at radius 2 is 2.08 bits per heavy atom. The van der Waals surface area contributed by atoms with Crippen LogP contribution in [-0.4, -0.2) is 36.0 Å². The first-order chi connectivity index (χ1) is 11.8. The molecule has 0 aromatic heterocycles. The van der Waals surface area contributed by atoms with Crippen LogP contribution in [0.4, 0.5) is 0 Å². The van der Waals surface area contributed by atoms with Crippen molar-refractivity contribution in [3.8, 4) is 5.75 Å². The summed E-state index contributed by atoms with van der Waals surface area (Å²) in [5, 5.41) is 3.74. The van der Waals surface area contributed by atoms with Gasteiger partial charge in [-0.1, -0.05) is 18.2 Å². The highest BCUT2D eigenvalue weighted by Crippen LogP contribution is 2.48. The van der Waals surface area contributed by atoms with E-state index in [0.717, 1.165) is 57.5 Å². The predicted octanol–water partition coefficient (Wildman–Crippen LogP) is 3.43. The number of para-hydroxylation sites is 1. The monoisotopic (exact) mass is 328 g/mol. The molecule has 0 radical (unpaired) electrons. The predicted molar refractivity (Wildman–Crippen MR) is 94.1 cm³/mol. The van der Waals surface area contributed by atoms with Crippen LogP contribution in [0, 0.1) is 0 Å². The first-order valence-electron chi connectivity index (χ1n) is 9.55. The minimum Gasteiger partial charge on any atom is -0.487 e. The first kappa shape index (κ1) is 15.9. The largest absolute Gasteiger partial charge is 0.487 e. The standard InChI is InChI=1S/C20H28N2O2/c23-19-9-3-4-13-22(19)14-6-12-21-17-15-20(10-5-11-20)24-18-8-2-1-7-16(17)18/h1-2,7-8,17,21H,3-6,9-15H2. The van der Waals surface area contributed by atoms with Crippen LogP contribution in [0.15, 0.2) is 24.3 Å². The van der Waals surface area contributed by atoms with Crippen LogP contribution in [0.2, 0.25) is 0 Å². The van der Waals surface area contributed by atoms with Crippen LogP contribution < -0.4 is 10.1 Å². The number of likely N-dealkylation sites (tertiary alicyclic amines) is 1. The van der Waals surface area contributed by atoms with E-state index in [-0.39, 0.29) is 5.60 Å². The smallest absolute Gasteiger partial charge is 0.222 e. The van der Waals surface area contributed by atoms with Gasteiger partial charge in [0.1, 0.15) is 11.4 Å². The van der Waals surface area contributed by atoms with Gasteiger partial charge in [0.05, 0.1) is 0 Å². The highest BCUT2D eigenvalue weighted by molar-refractivity contribution is 5.76. The molecule has 1 saturated carbocycles. The first-order valence-corrected chi connectivity index (χ1v) is 9.55. The summed E-state index contributed by atoms with van der Waals surface area (Å²) in [5.74, 6) is 1.40. The van der Waals surface area contributed by atoms with Gasteiger partial charge in [-0.2, -0.15) is 0 Å². The second-order valence-electron chi connectivity index (χ2n) is 7.58. The van der Waals surface area contributed by atoms with Gasteiger partial charge in [0.15, 0.2) is 0 Å². The molecule has 4 nitrogen and oxygen atoms in total. The number of nitrogens with zero attached hydrogens (tertiary/aromatic N) is 1. The van der Waals surface area contributed by atoms with Gasteiger partial charge in [-0.05, 0) is 51.1 Å². The molecule has 1 aliphatic carbocycles. The van der Waals surface area contributed by atoms with E-state index in [1.807, 2.05) is 4.90 Å². The van der Waals surface area contributed by atoms with Gasteiger partial charge < -0.3 is 15.0 Å². The summed E-state index contributed by atoms with van der Waals surface area (Å²) in [6, 6.07) is 8.84. The molecular formula is C20H28N2O2. The van der Waals surface area contributed by atoms with Crippen molar-refractivity contribution in [1.82, 2.24) is 10.2 Å². The summed E-state index contributed by atoms with van der Waals surface area (Å²) < 4.78 is 6.31. The fraction of sp³-hybridized carbons (Fsp3) is 0.650. The number of ether oxygens (including phenoxy) is 1. The number of rotatable bonds is 5. The van der Waals surface area contributed by atoms with E-state index in [0.29, 0.717) is 11.9 Å². The maximum Gasteiger partial charge on any atom is 0.222 e. The van der Waals surface area contributed by atoms with Crippen molar-refractivity contribution in [3.63, 3.8) is 0 Å². The molecule has 1 saturated heterocycles. The molecule has 2 aliphatic heterocycles. The Bertz CT molecular complexity index is 597. The molecule has 2 fully saturated rings. The lowest BCUT2D eigenvalue weighted by atomic mass is 9.73. The molecule has 2 heterocycles. The topological polar surface area (TPSA) is 41.6 Å². The van der Waals surface area contributed by atoms with Crippen molar-refractivity contribution in [3.05, 3.63) is 29.8 Å². The lowest BCUT2D eigenvalue weighted by Crippen LogP contribution is -2.49. The average Bonchev–Trinajstić information content (AvgIpc) is 2.58. The average molecular weight is 328 g/mol. The maximum absolute atomic E-state index is 11.9. The molecule has 3 aliphatic rings. The van der Waals surface area contributed by atoms with E-state index in [1.165, 1.54) is 24.8 Å². The molecule has 130 valence electrons. The Morgan fingerprint density at radius 3 is 2.88 bits per heavy atom. The van der Waals surface area contributed by atoms with Gasteiger partial charge in [0.2, 0.25) is 5.91 Å². The summed E-state index contributed by atoms with van der Waals surface area (Å²) in [5.41, 5.74) is 1.37.